The van der Waals surface area contributed by atoms with Crippen LogP contribution in [0.15, 0.2) is 78.9 Å². The predicted octanol–water partition coefficient (Wildman–Crippen LogP) is 1.92. The molecule has 13 nitrogen and oxygen atoms in total. The molecule has 2 saturated heterocycles. The monoisotopic (exact) mass is 681 g/mol. The van der Waals surface area contributed by atoms with Gasteiger partial charge < -0.3 is 19.7 Å². The topological polar surface area (TPSA) is 155 Å². The van der Waals surface area contributed by atoms with Gasteiger partial charge in [0.25, 0.3) is 17.7 Å². The molecule has 6 amide bonds. The number of ether oxygens (including phenoxy) is 2. The molecule has 0 spiro atoms. The number of nitrogens with zero attached hydrogens (tertiary/aromatic N) is 3. The van der Waals surface area contributed by atoms with Crippen molar-refractivity contribution in [1.29, 1.82) is 0 Å². The maximum Gasteiger partial charge on any atom is 0.266 e. The molecule has 3 aliphatic heterocycles. The molecule has 2 N–H and O–H groups in total. The Morgan fingerprint density at radius 1 is 0.820 bits per heavy atom. The molecular formula is C37H39N5O8. The Hall–Kier alpha value is -5.40. The highest BCUT2D eigenvalue weighted by atomic mass is 16.5. The third-order valence-corrected chi connectivity index (χ3v) is 9.08. The molecule has 3 aromatic rings. The molecular weight excluding hydrogens is 642 g/mol. The van der Waals surface area contributed by atoms with Crippen LogP contribution in [-0.4, -0.2) is 109 Å². The summed E-state index contributed by atoms with van der Waals surface area (Å²) in [7, 11) is 0. The molecule has 1 unspecified atom stereocenters. The second kappa shape index (κ2) is 15.9. The first-order valence-electron chi connectivity index (χ1n) is 16.8. The molecule has 0 saturated carbocycles. The molecule has 1 atom stereocenters. The Kier molecular flexibility index (Phi) is 10.9. The lowest BCUT2D eigenvalue weighted by Crippen LogP contribution is -2.54. The average Bonchev–Trinajstić information content (AvgIpc) is 3.39. The van der Waals surface area contributed by atoms with Gasteiger partial charge in [-0.25, -0.2) is 0 Å². The van der Waals surface area contributed by atoms with E-state index in [-0.39, 0.29) is 67.8 Å². The Morgan fingerprint density at radius 3 is 2.16 bits per heavy atom. The van der Waals surface area contributed by atoms with Crippen LogP contribution < -0.4 is 15.4 Å². The summed E-state index contributed by atoms with van der Waals surface area (Å²) in [5, 5.41) is 4.82. The van der Waals surface area contributed by atoms with Crippen molar-refractivity contribution in [2.75, 3.05) is 52.5 Å². The number of hydrogen-bond acceptors (Lipinski definition) is 9. The number of carbonyl (C=O) groups excluding carboxylic acids is 6. The number of piperidine rings is 1. The fourth-order valence-electron chi connectivity index (χ4n) is 6.60. The second-order valence-electron chi connectivity index (χ2n) is 12.3. The van der Waals surface area contributed by atoms with E-state index >= 15 is 0 Å². The van der Waals surface area contributed by atoms with Crippen LogP contribution in [0.3, 0.4) is 0 Å². The second-order valence-corrected chi connectivity index (χ2v) is 12.3. The van der Waals surface area contributed by atoms with E-state index in [1.165, 1.54) is 29.3 Å². The van der Waals surface area contributed by atoms with E-state index in [1.807, 2.05) is 41.3 Å². The SMILES string of the molecule is O=C(COc1cccc2c1C(=O)N(C1CCC(=O)NC1=O)C2=O)NCCOCCC(=O)N1CCN(C(c2ccccc2)c2ccccc2)CC1. The molecule has 3 aromatic carbocycles. The molecule has 50 heavy (non-hydrogen) atoms. The van der Waals surface area contributed by atoms with E-state index in [2.05, 4.69) is 39.8 Å². The van der Waals surface area contributed by atoms with E-state index < -0.39 is 42.2 Å². The van der Waals surface area contributed by atoms with Crippen LogP contribution in [-0.2, 0) is 23.9 Å². The summed E-state index contributed by atoms with van der Waals surface area (Å²) in [5.74, 6) is -2.95. The highest BCUT2D eigenvalue weighted by molar-refractivity contribution is 6.24. The first kappa shape index (κ1) is 34.5. The molecule has 0 aliphatic carbocycles. The van der Waals surface area contributed by atoms with Crippen molar-refractivity contribution in [2.45, 2.75) is 31.3 Å². The third-order valence-electron chi connectivity index (χ3n) is 9.08. The van der Waals surface area contributed by atoms with Gasteiger partial charge in [-0.1, -0.05) is 66.7 Å². The highest BCUT2D eigenvalue weighted by Gasteiger charge is 2.46. The van der Waals surface area contributed by atoms with Crippen LogP contribution in [0.25, 0.3) is 0 Å². The summed E-state index contributed by atoms with van der Waals surface area (Å²) in [4.78, 5) is 80.5. The summed E-state index contributed by atoms with van der Waals surface area (Å²) in [6.07, 6.45) is 0.280. The van der Waals surface area contributed by atoms with Gasteiger partial charge in [-0.05, 0) is 29.7 Å². The molecule has 6 rings (SSSR count). The summed E-state index contributed by atoms with van der Waals surface area (Å²) in [6, 6.07) is 24.2. The van der Waals surface area contributed by atoms with Crippen molar-refractivity contribution >= 4 is 35.4 Å². The number of nitrogens with one attached hydrogen (secondary N) is 2. The molecule has 3 heterocycles. The van der Waals surface area contributed by atoms with Gasteiger partial charge in [0, 0.05) is 39.1 Å². The van der Waals surface area contributed by atoms with E-state index in [9.17, 15) is 28.8 Å². The Labute approximate surface area is 289 Å². The van der Waals surface area contributed by atoms with E-state index in [4.69, 9.17) is 9.47 Å². The Morgan fingerprint density at radius 2 is 1.50 bits per heavy atom. The average molecular weight is 682 g/mol. The molecule has 2 fully saturated rings. The summed E-state index contributed by atoms with van der Waals surface area (Å²) in [5.41, 5.74) is 2.47. The van der Waals surface area contributed by atoms with Crippen molar-refractivity contribution in [1.82, 2.24) is 25.3 Å². The number of amides is 6. The maximum atomic E-state index is 13.2. The zero-order valence-electron chi connectivity index (χ0n) is 27.5. The summed E-state index contributed by atoms with van der Waals surface area (Å²) < 4.78 is 11.2. The van der Waals surface area contributed by atoms with Gasteiger partial charge in [0.2, 0.25) is 17.7 Å². The smallest absolute Gasteiger partial charge is 0.266 e. The molecule has 13 heteroatoms. The molecule has 0 bridgehead atoms. The zero-order valence-corrected chi connectivity index (χ0v) is 27.5. The lowest BCUT2D eigenvalue weighted by molar-refractivity contribution is -0.136. The first-order valence-corrected chi connectivity index (χ1v) is 16.8. The van der Waals surface area contributed by atoms with Gasteiger partial charge in [0.1, 0.15) is 11.8 Å². The van der Waals surface area contributed by atoms with Gasteiger partial charge in [0.15, 0.2) is 6.61 Å². The minimum Gasteiger partial charge on any atom is -0.483 e. The van der Waals surface area contributed by atoms with E-state index in [0.717, 1.165) is 18.0 Å². The van der Waals surface area contributed by atoms with Gasteiger partial charge >= 0.3 is 0 Å². The maximum absolute atomic E-state index is 13.2. The number of hydrogen-bond donors (Lipinski definition) is 2. The van der Waals surface area contributed by atoms with Gasteiger partial charge in [0.05, 0.1) is 36.8 Å². The molecule has 0 radical (unpaired) electrons. The van der Waals surface area contributed by atoms with Crippen LogP contribution in [0.2, 0.25) is 0 Å². The fourth-order valence-corrected chi connectivity index (χ4v) is 6.60. The number of piperazine rings is 1. The molecule has 260 valence electrons. The fraction of sp³-hybridized carbons (Fsp3) is 0.351. The van der Waals surface area contributed by atoms with E-state index in [1.54, 1.807) is 0 Å². The third kappa shape index (κ3) is 7.74. The van der Waals surface area contributed by atoms with Crippen molar-refractivity contribution in [3.63, 3.8) is 0 Å². The standard InChI is InChI=1S/C37H39N5O8/c43-30-15-14-28(35(46)39-30)42-36(47)27-12-7-13-29(33(27)37(42)48)50-24-31(44)38-17-23-49-22-16-32(45)40-18-20-41(21-19-40)34(25-8-3-1-4-9-25)26-10-5-2-6-11-26/h1-13,28,34H,14-24H2,(H,38,44)(H,39,43,46). The quantitative estimate of drug-likeness (QED) is 0.204. The Bertz CT molecular complexity index is 1700. The zero-order chi connectivity index (χ0) is 35.0. The van der Waals surface area contributed by atoms with Crippen LogP contribution in [0, 0.1) is 0 Å². The minimum atomic E-state index is -1.10. The number of rotatable bonds is 13. The number of fused-ring (bicyclic) bond motifs is 1. The minimum absolute atomic E-state index is 0.0101. The van der Waals surface area contributed by atoms with E-state index in [0.29, 0.717) is 13.1 Å². The van der Waals surface area contributed by atoms with Crippen LogP contribution in [0.4, 0.5) is 0 Å². The number of imide groups is 2. The Balaban J connectivity index is 0.895. The molecule has 3 aliphatic rings. The van der Waals surface area contributed by atoms with Gasteiger partial charge in [-0.3, -0.25) is 43.9 Å². The largest absolute Gasteiger partial charge is 0.483 e. The normalized spacial score (nSPS) is 17.9. The van der Waals surface area contributed by atoms with Crippen LogP contribution >= 0.6 is 0 Å². The van der Waals surface area contributed by atoms with Gasteiger partial charge in [-0.15, -0.1) is 0 Å². The highest BCUT2D eigenvalue weighted by Crippen LogP contribution is 2.34. The van der Waals surface area contributed by atoms with Crippen molar-refractivity contribution in [3.8, 4) is 5.75 Å². The van der Waals surface area contributed by atoms with Crippen LogP contribution in [0.5, 0.6) is 5.75 Å². The van der Waals surface area contributed by atoms with Crippen molar-refractivity contribution in [2.24, 2.45) is 0 Å². The molecule has 0 aromatic heterocycles. The summed E-state index contributed by atoms with van der Waals surface area (Å²) in [6.45, 7) is 2.94. The first-order chi connectivity index (χ1) is 24.3. The number of benzene rings is 3. The van der Waals surface area contributed by atoms with Crippen LogP contribution in [0.1, 0.15) is 57.1 Å². The predicted molar refractivity (Wildman–Crippen MR) is 180 cm³/mol. The van der Waals surface area contributed by atoms with Crippen molar-refractivity contribution < 1.29 is 38.2 Å². The van der Waals surface area contributed by atoms with Gasteiger partial charge in [-0.2, -0.15) is 0 Å². The lowest BCUT2D eigenvalue weighted by Gasteiger charge is -2.39. The van der Waals surface area contributed by atoms with Crippen molar-refractivity contribution in [3.05, 3.63) is 101 Å². The number of carbonyl (C=O) groups is 6. The lowest BCUT2D eigenvalue weighted by atomic mass is 9.96. The summed E-state index contributed by atoms with van der Waals surface area (Å²) >= 11 is 0.